The van der Waals surface area contributed by atoms with Gasteiger partial charge in [-0.1, -0.05) is 6.07 Å². The Kier molecular flexibility index (Phi) is 8.73. The number of methoxy groups -OCH3 is 1. The van der Waals surface area contributed by atoms with Gasteiger partial charge in [-0.25, -0.2) is 0 Å². The first-order valence-electron chi connectivity index (χ1n) is 10.3. The molecule has 158 valence electrons. The Bertz CT molecular complexity index is 590. The molecule has 1 atom stereocenters. The number of nitrogens with zero attached hydrogens (tertiary/aromatic N) is 1. The Balaban J connectivity index is 1.45. The van der Waals surface area contributed by atoms with E-state index in [1.807, 2.05) is 30.0 Å². The molecule has 7 heteroatoms. The summed E-state index contributed by atoms with van der Waals surface area (Å²) in [5, 5.41) is 23.5. The third-order valence-corrected chi connectivity index (χ3v) is 6.47. The second-order valence-electron chi connectivity index (χ2n) is 7.75. The molecule has 3 rings (SSSR count). The average Bonchev–Trinajstić information content (AvgIpc) is 2.73. The molecule has 1 saturated heterocycles. The largest absolute Gasteiger partial charge is 0.493 e. The van der Waals surface area contributed by atoms with Gasteiger partial charge < -0.3 is 25.0 Å². The Hall–Kier alpha value is -0.990. The molecule has 2 fully saturated rings. The predicted octanol–water partition coefficient (Wildman–Crippen LogP) is 1.88. The third kappa shape index (κ3) is 6.81. The van der Waals surface area contributed by atoms with Gasteiger partial charge >= 0.3 is 0 Å². The van der Waals surface area contributed by atoms with Gasteiger partial charge in [0, 0.05) is 43.7 Å². The fourth-order valence-electron chi connectivity index (χ4n) is 3.80. The molecule has 1 unspecified atom stereocenters. The van der Waals surface area contributed by atoms with Crippen LogP contribution < -0.4 is 14.8 Å². The van der Waals surface area contributed by atoms with E-state index in [9.17, 15) is 10.2 Å². The molecule has 1 aliphatic carbocycles. The molecule has 1 saturated carbocycles. The molecule has 1 aromatic carbocycles. The number of β-amino-alcohol motifs (C(OH)–C–C–N with tert-alkyl or cyclic N) is 1. The van der Waals surface area contributed by atoms with Gasteiger partial charge in [-0.15, -0.1) is 0 Å². The number of ether oxygens (including phenoxy) is 2. The van der Waals surface area contributed by atoms with Crippen molar-refractivity contribution < 1.29 is 19.7 Å². The van der Waals surface area contributed by atoms with E-state index in [0.717, 1.165) is 62.4 Å². The zero-order chi connectivity index (χ0) is 19.8. The maximum Gasteiger partial charge on any atom is 0.161 e. The molecule has 0 radical (unpaired) electrons. The number of aliphatic hydroxyl groups excluding tert-OH is 2. The van der Waals surface area contributed by atoms with Crippen molar-refractivity contribution in [2.75, 3.05) is 44.9 Å². The summed E-state index contributed by atoms with van der Waals surface area (Å²) in [6, 6.07) is 6.42. The van der Waals surface area contributed by atoms with Crippen LogP contribution in [0.5, 0.6) is 11.5 Å². The molecule has 28 heavy (non-hydrogen) atoms. The van der Waals surface area contributed by atoms with Crippen molar-refractivity contribution in [1.29, 1.82) is 0 Å². The van der Waals surface area contributed by atoms with Gasteiger partial charge in [-0.05, 0) is 43.4 Å². The van der Waals surface area contributed by atoms with Crippen LogP contribution in [0, 0.1) is 0 Å². The summed E-state index contributed by atoms with van der Waals surface area (Å²) in [6.45, 7) is 3.76. The maximum atomic E-state index is 10.3. The molecule has 0 spiro atoms. The molecule has 1 aromatic rings. The van der Waals surface area contributed by atoms with Crippen molar-refractivity contribution in [3.63, 3.8) is 0 Å². The zero-order valence-electron chi connectivity index (χ0n) is 16.8. The second kappa shape index (κ2) is 11.3. The van der Waals surface area contributed by atoms with Crippen LogP contribution in [0.4, 0.5) is 0 Å². The highest BCUT2D eigenvalue weighted by molar-refractivity contribution is 7.99. The first kappa shape index (κ1) is 21.7. The van der Waals surface area contributed by atoms with Crippen molar-refractivity contribution in [2.45, 2.75) is 50.5 Å². The monoisotopic (exact) mass is 410 g/mol. The zero-order valence-corrected chi connectivity index (χ0v) is 17.6. The molecule has 0 aromatic heterocycles. The Labute approximate surface area is 172 Å². The number of nitrogens with one attached hydrogen (secondary N) is 1. The van der Waals surface area contributed by atoms with E-state index in [-0.39, 0.29) is 12.7 Å². The van der Waals surface area contributed by atoms with Crippen molar-refractivity contribution in [1.82, 2.24) is 10.2 Å². The highest BCUT2D eigenvalue weighted by Gasteiger charge is 2.19. The number of rotatable bonds is 9. The lowest BCUT2D eigenvalue weighted by molar-refractivity contribution is 0.0705. The molecular weight excluding hydrogens is 376 g/mol. The predicted molar refractivity (Wildman–Crippen MR) is 113 cm³/mol. The summed E-state index contributed by atoms with van der Waals surface area (Å²) < 4.78 is 11.3. The highest BCUT2D eigenvalue weighted by atomic mass is 32.2. The Morgan fingerprint density at radius 2 is 1.93 bits per heavy atom. The lowest BCUT2D eigenvalue weighted by Crippen LogP contribution is -2.40. The SMILES string of the molecule is COc1cc(CNC2CCC(O)CC2)ccc1OCC(O)CN1CCSCC1. The Morgan fingerprint density at radius 1 is 1.18 bits per heavy atom. The van der Waals surface area contributed by atoms with Gasteiger partial charge in [0.25, 0.3) is 0 Å². The first-order chi connectivity index (χ1) is 13.6. The molecule has 1 heterocycles. The molecule has 0 bridgehead atoms. The second-order valence-corrected chi connectivity index (χ2v) is 8.97. The number of hydrogen-bond acceptors (Lipinski definition) is 7. The fraction of sp³-hybridized carbons (Fsp3) is 0.714. The van der Waals surface area contributed by atoms with E-state index in [0.29, 0.717) is 24.1 Å². The van der Waals surface area contributed by atoms with Gasteiger partial charge in [0.15, 0.2) is 11.5 Å². The minimum absolute atomic E-state index is 0.126. The molecule has 0 amide bonds. The number of benzene rings is 1. The quantitative estimate of drug-likeness (QED) is 0.574. The average molecular weight is 411 g/mol. The van der Waals surface area contributed by atoms with Gasteiger partial charge in [0.05, 0.1) is 13.2 Å². The van der Waals surface area contributed by atoms with Gasteiger partial charge in [-0.3, -0.25) is 4.90 Å². The van der Waals surface area contributed by atoms with Gasteiger partial charge in [0.2, 0.25) is 0 Å². The van der Waals surface area contributed by atoms with Crippen LogP contribution in [-0.2, 0) is 6.54 Å². The smallest absolute Gasteiger partial charge is 0.161 e. The van der Waals surface area contributed by atoms with Crippen LogP contribution in [0.15, 0.2) is 18.2 Å². The number of hydrogen-bond donors (Lipinski definition) is 3. The van der Waals surface area contributed by atoms with Crippen molar-refractivity contribution >= 4 is 11.8 Å². The maximum absolute atomic E-state index is 10.3. The van der Waals surface area contributed by atoms with E-state index < -0.39 is 6.10 Å². The normalized spacial score (nSPS) is 24.7. The summed E-state index contributed by atoms with van der Waals surface area (Å²) in [6.07, 6.45) is 3.17. The molecular formula is C21H34N2O4S. The summed E-state index contributed by atoms with van der Waals surface area (Å²) >= 11 is 1.97. The van der Waals surface area contributed by atoms with Crippen LogP contribution in [0.3, 0.4) is 0 Å². The Morgan fingerprint density at radius 3 is 2.64 bits per heavy atom. The minimum Gasteiger partial charge on any atom is -0.493 e. The van der Waals surface area contributed by atoms with Crippen LogP contribution in [-0.4, -0.2) is 78.2 Å². The van der Waals surface area contributed by atoms with Gasteiger partial charge in [0.1, 0.15) is 12.7 Å². The van der Waals surface area contributed by atoms with E-state index in [4.69, 9.17) is 9.47 Å². The van der Waals surface area contributed by atoms with Crippen LogP contribution in [0.2, 0.25) is 0 Å². The molecule has 2 aliphatic rings. The topological polar surface area (TPSA) is 74.2 Å². The van der Waals surface area contributed by atoms with Crippen LogP contribution in [0.25, 0.3) is 0 Å². The molecule has 6 nitrogen and oxygen atoms in total. The third-order valence-electron chi connectivity index (χ3n) is 5.52. The highest BCUT2D eigenvalue weighted by Crippen LogP contribution is 2.28. The van der Waals surface area contributed by atoms with E-state index in [1.165, 1.54) is 0 Å². The van der Waals surface area contributed by atoms with Crippen molar-refractivity contribution in [3.8, 4) is 11.5 Å². The van der Waals surface area contributed by atoms with Crippen molar-refractivity contribution in [3.05, 3.63) is 23.8 Å². The number of thioether (sulfide) groups is 1. The fourth-order valence-corrected chi connectivity index (χ4v) is 4.78. The summed E-state index contributed by atoms with van der Waals surface area (Å²) in [7, 11) is 1.64. The first-order valence-corrected chi connectivity index (χ1v) is 11.5. The molecule has 3 N–H and O–H groups in total. The lowest BCUT2D eigenvalue weighted by atomic mass is 9.93. The standard InChI is InChI=1S/C21H34N2O4S/c1-26-21-12-16(13-22-17-3-5-18(24)6-4-17)2-7-20(21)27-15-19(25)14-23-8-10-28-11-9-23/h2,7,12,17-19,22,24-25H,3-6,8-11,13-15H2,1H3. The van der Waals surface area contributed by atoms with Crippen molar-refractivity contribution in [2.24, 2.45) is 0 Å². The summed E-state index contributed by atoms with van der Waals surface area (Å²) in [5.41, 5.74) is 1.14. The van der Waals surface area contributed by atoms with E-state index in [1.54, 1.807) is 7.11 Å². The van der Waals surface area contributed by atoms with Crippen LogP contribution in [0.1, 0.15) is 31.2 Å². The number of aliphatic hydroxyl groups is 2. The van der Waals surface area contributed by atoms with E-state index >= 15 is 0 Å². The summed E-state index contributed by atoms with van der Waals surface area (Å²) in [5.74, 6) is 3.64. The van der Waals surface area contributed by atoms with Crippen LogP contribution >= 0.6 is 11.8 Å². The van der Waals surface area contributed by atoms with Gasteiger partial charge in [-0.2, -0.15) is 11.8 Å². The molecule has 1 aliphatic heterocycles. The van der Waals surface area contributed by atoms with E-state index in [2.05, 4.69) is 10.2 Å². The lowest BCUT2D eigenvalue weighted by Gasteiger charge is -2.28. The minimum atomic E-state index is -0.504. The summed E-state index contributed by atoms with van der Waals surface area (Å²) in [4.78, 5) is 2.29.